The molecule has 2 aromatic rings. The lowest BCUT2D eigenvalue weighted by atomic mass is 9.94. The van der Waals surface area contributed by atoms with Gasteiger partial charge in [0.1, 0.15) is 5.75 Å². The van der Waals surface area contributed by atoms with Gasteiger partial charge in [0.15, 0.2) is 5.78 Å². The Bertz CT molecular complexity index is 912. The second-order valence-electron chi connectivity index (χ2n) is 6.69. The van der Waals surface area contributed by atoms with Crippen molar-refractivity contribution in [3.05, 3.63) is 83.1 Å². The summed E-state index contributed by atoms with van der Waals surface area (Å²) in [5, 5.41) is 2.90. The smallest absolute Gasteiger partial charge is 0.321 e. The van der Waals surface area contributed by atoms with Crippen molar-refractivity contribution in [1.82, 2.24) is 10.2 Å². The van der Waals surface area contributed by atoms with Crippen molar-refractivity contribution in [3.8, 4) is 5.75 Å². The molecule has 1 aliphatic rings. The fourth-order valence-electron chi connectivity index (χ4n) is 2.98. The van der Waals surface area contributed by atoms with Crippen LogP contribution in [0.3, 0.4) is 0 Å². The first-order valence-corrected chi connectivity index (χ1v) is 9.25. The Kier molecular flexibility index (Phi) is 5.94. The molecule has 1 aliphatic heterocycles. The lowest BCUT2D eigenvalue weighted by Gasteiger charge is -2.29. The number of nitrogens with one attached hydrogen (secondary N) is 1. The molecule has 0 fully saturated rings. The third-order valence-corrected chi connectivity index (χ3v) is 4.55. The highest BCUT2D eigenvalue weighted by molar-refractivity contribution is 6.08. The number of hydrogen-bond donors (Lipinski definition) is 1. The zero-order chi connectivity index (χ0) is 20.1. The summed E-state index contributed by atoms with van der Waals surface area (Å²) in [5.74, 6) is 0.649. The second kappa shape index (κ2) is 8.57. The molecule has 3 rings (SSSR count). The number of rotatable bonds is 6. The summed E-state index contributed by atoms with van der Waals surface area (Å²) in [4.78, 5) is 26.4. The lowest BCUT2D eigenvalue weighted by Crippen LogP contribution is -2.43. The zero-order valence-corrected chi connectivity index (χ0v) is 16.3. The van der Waals surface area contributed by atoms with Crippen molar-refractivity contribution in [2.75, 3.05) is 13.7 Å². The Morgan fingerprint density at radius 2 is 1.82 bits per heavy atom. The third-order valence-electron chi connectivity index (χ3n) is 4.55. The monoisotopic (exact) mass is 376 g/mol. The van der Waals surface area contributed by atoms with E-state index in [0.29, 0.717) is 12.2 Å². The highest BCUT2D eigenvalue weighted by Gasteiger charge is 2.29. The van der Waals surface area contributed by atoms with Gasteiger partial charge in [-0.25, -0.2) is 4.79 Å². The molecule has 2 amide bonds. The molecule has 0 saturated heterocycles. The molecule has 28 heavy (non-hydrogen) atoms. The van der Waals surface area contributed by atoms with Gasteiger partial charge in [0.2, 0.25) is 0 Å². The number of carbonyl (C=O) groups excluding carboxylic acids is 2. The highest BCUT2D eigenvalue weighted by Crippen LogP contribution is 2.27. The maximum Gasteiger partial charge on any atom is 0.321 e. The molecule has 5 nitrogen and oxygen atoms in total. The molecule has 1 atom stereocenters. The lowest BCUT2D eigenvalue weighted by molar-refractivity contribution is -0.111. The molecule has 0 aliphatic carbocycles. The van der Waals surface area contributed by atoms with Crippen LogP contribution >= 0.6 is 0 Å². The minimum absolute atomic E-state index is 0.147. The van der Waals surface area contributed by atoms with Crippen LogP contribution in [0.15, 0.2) is 66.4 Å². The molecule has 2 aromatic carbocycles. The summed E-state index contributed by atoms with van der Waals surface area (Å²) < 4.78 is 5.43. The summed E-state index contributed by atoms with van der Waals surface area (Å²) in [6.07, 6.45) is 4.91. The van der Waals surface area contributed by atoms with Crippen LogP contribution in [0, 0.1) is 6.92 Å². The van der Waals surface area contributed by atoms with Crippen LogP contribution in [0.2, 0.25) is 0 Å². The van der Waals surface area contributed by atoms with Gasteiger partial charge in [0.25, 0.3) is 0 Å². The minimum Gasteiger partial charge on any atom is -0.494 e. The van der Waals surface area contributed by atoms with Crippen LogP contribution in [0.5, 0.6) is 5.75 Å². The number of amides is 2. The van der Waals surface area contributed by atoms with E-state index in [2.05, 4.69) is 5.32 Å². The summed E-state index contributed by atoms with van der Waals surface area (Å²) in [6, 6.07) is 14.6. The summed E-state index contributed by atoms with van der Waals surface area (Å²) in [7, 11) is 1.63. The molecule has 0 bridgehead atoms. The predicted octanol–water partition coefficient (Wildman–Crippen LogP) is 4.26. The van der Waals surface area contributed by atoms with Gasteiger partial charge >= 0.3 is 6.03 Å². The number of carbonyl (C=O) groups is 2. The number of allylic oxidation sites excluding steroid dienone is 1. The number of benzene rings is 2. The van der Waals surface area contributed by atoms with Crippen molar-refractivity contribution in [1.29, 1.82) is 0 Å². The maximum atomic E-state index is 12.9. The van der Waals surface area contributed by atoms with E-state index in [4.69, 9.17) is 4.74 Å². The van der Waals surface area contributed by atoms with E-state index in [9.17, 15) is 9.59 Å². The first-order chi connectivity index (χ1) is 13.5. The standard InChI is InChI=1S/C23H24N2O3/c1-4-28-19-12-7-17(8-13-19)9-14-21(26)20-15-25(3)23(27)24-22(20)18-10-5-16(2)6-11-18/h5-15,22H,4H2,1-3H3,(H,24,27)/b14-9+/t22-/m0/s1. The van der Waals surface area contributed by atoms with Crippen molar-refractivity contribution in [3.63, 3.8) is 0 Å². The zero-order valence-electron chi connectivity index (χ0n) is 16.3. The quantitative estimate of drug-likeness (QED) is 0.767. The molecule has 0 aromatic heterocycles. The van der Waals surface area contributed by atoms with Crippen molar-refractivity contribution in [2.24, 2.45) is 0 Å². The van der Waals surface area contributed by atoms with E-state index < -0.39 is 6.04 Å². The van der Waals surface area contributed by atoms with Gasteiger partial charge in [-0.05, 0) is 43.2 Å². The second-order valence-corrected chi connectivity index (χ2v) is 6.69. The maximum absolute atomic E-state index is 12.9. The average Bonchev–Trinajstić information content (AvgIpc) is 2.70. The van der Waals surface area contributed by atoms with Gasteiger partial charge in [-0.1, -0.05) is 48.0 Å². The number of ketones is 1. The van der Waals surface area contributed by atoms with Gasteiger partial charge in [0, 0.05) is 18.8 Å². The molecule has 144 valence electrons. The summed E-state index contributed by atoms with van der Waals surface area (Å²) >= 11 is 0. The van der Waals surface area contributed by atoms with E-state index >= 15 is 0 Å². The number of hydrogen-bond acceptors (Lipinski definition) is 3. The largest absolute Gasteiger partial charge is 0.494 e. The van der Waals surface area contributed by atoms with Crippen LogP contribution in [-0.4, -0.2) is 30.4 Å². The van der Waals surface area contributed by atoms with Gasteiger partial charge < -0.3 is 15.0 Å². The SMILES string of the molecule is CCOc1ccc(/C=C/C(=O)C2=CN(C)C(=O)N[C@H]2c2ccc(C)cc2)cc1. The van der Waals surface area contributed by atoms with Crippen molar-refractivity contribution in [2.45, 2.75) is 19.9 Å². The predicted molar refractivity (Wildman–Crippen MR) is 110 cm³/mol. The Labute approximate surface area is 165 Å². The van der Waals surface area contributed by atoms with E-state index in [1.807, 2.05) is 62.4 Å². The van der Waals surface area contributed by atoms with Crippen LogP contribution in [-0.2, 0) is 4.79 Å². The average molecular weight is 376 g/mol. The molecule has 0 radical (unpaired) electrons. The summed E-state index contributed by atoms with van der Waals surface area (Å²) in [5.41, 5.74) is 3.42. The highest BCUT2D eigenvalue weighted by atomic mass is 16.5. The topological polar surface area (TPSA) is 58.6 Å². The first kappa shape index (κ1) is 19.4. The van der Waals surface area contributed by atoms with E-state index in [-0.39, 0.29) is 11.8 Å². The number of aryl methyl sites for hydroxylation is 1. The Morgan fingerprint density at radius 1 is 1.14 bits per heavy atom. The van der Waals surface area contributed by atoms with Crippen LogP contribution in [0.4, 0.5) is 4.79 Å². The molecule has 0 spiro atoms. The van der Waals surface area contributed by atoms with E-state index in [1.165, 1.54) is 11.0 Å². The van der Waals surface area contributed by atoms with Gasteiger partial charge in [-0.3, -0.25) is 4.79 Å². The Hall–Kier alpha value is -3.34. The van der Waals surface area contributed by atoms with Crippen LogP contribution in [0.1, 0.15) is 29.7 Å². The Morgan fingerprint density at radius 3 is 2.46 bits per heavy atom. The number of nitrogens with zero attached hydrogens (tertiary/aromatic N) is 1. The molecule has 1 N–H and O–H groups in total. The molecule has 1 heterocycles. The first-order valence-electron chi connectivity index (χ1n) is 9.25. The van der Waals surface area contributed by atoms with E-state index in [1.54, 1.807) is 19.3 Å². The van der Waals surface area contributed by atoms with Crippen molar-refractivity contribution >= 4 is 17.9 Å². The molecule has 0 unspecified atom stereocenters. The molecular weight excluding hydrogens is 352 g/mol. The van der Waals surface area contributed by atoms with Crippen LogP contribution < -0.4 is 10.1 Å². The van der Waals surface area contributed by atoms with Gasteiger partial charge in [-0.2, -0.15) is 0 Å². The molecular formula is C23H24N2O3. The van der Waals surface area contributed by atoms with Gasteiger partial charge in [-0.15, -0.1) is 0 Å². The number of ether oxygens (including phenoxy) is 1. The minimum atomic E-state index is -0.471. The van der Waals surface area contributed by atoms with E-state index in [0.717, 1.165) is 22.4 Å². The number of urea groups is 1. The molecule has 5 heteroatoms. The fraction of sp³-hybridized carbons (Fsp3) is 0.217. The van der Waals surface area contributed by atoms with Crippen LogP contribution in [0.25, 0.3) is 6.08 Å². The third kappa shape index (κ3) is 4.49. The fourth-order valence-corrected chi connectivity index (χ4v) is 2.98. The molecule has 0 saturated carbocycles. The van der Waals surface area contributed by atoms with Gasteiger partial charge in [0.05, 0.1) is 12.6 Å². The Balaban J connectivity index is 1.83. The van der Waals surface area contributed by atoms with Crippen molar-refractivity contribution < 1.29 is 14.3 Å². The summed E-state index contributed by atoms with van der Waals surface area (Å²) in [6.45, 7) is 4.55. The normalized spacial score (nSPS) is 16.7.